The number of nitrogens with zero attached hydrogens (tertiary/aromatic N) is 5. The lowest BCUT2D eigenvalue weighted by Crippen LogP contribution is -2.39. The molecular formula is C21H27F3N6O5S2. The molecule has 0 aliphatic carbocycles. The number of hydrogen-bond donors (Lipinski definition) is 1. The monoisotopic (exact) mass is 564 g/mol. The molecule has 11 nitrogen and oxygen atoms in total. The van der Waals surface area contributed by atoms with Crippen LogP contribution in [0.25, 0.3) is 0 Å². The summed E-state index contributed by atoms with van der Waals surface area (Å²) in [7, 11) is -4.27. The summed E-state index contributed by atoms with van der Waals surface area (Å²) >= 11 is 0.756. The van der Waals surface area contributed by atoms with E-state index >= 15 is 0 Å². The molecule has 1 N–H and O–H groups in total. The highest BCUT2D eigenvalue weighted by Crippen LogP contribution is 2.41. The van der Waals surface area contributed by atoms with Gasteiger partial charge in [-0.15, -0.1) is 20.4 Å². The fourth-order valence-electron chi connectivity index (χ4n) is 3.81. The van der Waals surface area contributed by atoms with Crippen LogP contribution in [-0.2, 0) is 25.9 Å². The average Bonchev–Trinajstić information content (AvgIpc) is 3.31. The molecule has 0 fully saturated rings. The first-order valence-corrected chi connectivity index (χ1v) is 13.7. The second-order valence-electron chi connectivity index (χ2n) is 8.06. The molecule has 0 spiro atoms. The lowest BCUT2D eigenvalue weighted by molar-refractivity contribution is -0.0429. The molecule has 1 aromatic carbocycles. The van der Waals surface area contributed by atoms with Crippen LogP contribution in [-0.4, -0.2) is 63.0 Å². The summed E-state index contributed by atoms with van der Waals surface area (Å²) in [6.07, 6.45) is 3.10. The van der Waals surface area contributed by atoms with E-state index in [9.17, 15) is 26.4 Å². The second-order valence-corrected chi connectivity index (χ2v) is 10.7. The van der Waals surface area contributed by atoms with Gasteiger partial charge < -0.3 is 14.4 Å². The predicted octanol–water partition coefficient (Wildman–Crippen LogP) is 4.96. The van der Waals surface area contributed by atoms with Crippen LogP contribution >= 0.6 is 11.3 Å². The van der Waals surface area contributed by atoms with Crippen LogP contribution in [0.4, 0.5) is 35.4 Å². The maximum Gasteiger partial charge on any atom is 0.516 e. The van der Waals surface area contributed by atoms with Crippen LogP contribution in [0.15, 0.2) is 22.4 Å². The van der Waals surface area contributed by atoms with Crippen LogP contribution in [0.5, 0.6) is 0 Å². The van der Waals surface area contributed by atoms with Crippen LogP contribution in [0.2, 0.25) is 0 Å². The van der Waals surface area contributed by atoms with Crippen LogP contribution in [0.3, 0.4) is 0 Å². The molecule has 204 valence electrons. The van der Waals surface area contributed by atoms with E-state index in [1.165, 1.54) is 19.2 Å². The van der Waals surface area contributed by atoms with Gasteiger partial charge in [0.1, 0.15) is 12.3 Å². The van der Waals surface area contributed by atoms with E-state index in [0.29, 0.717) is 18.7 Å². The van der Waals surface area contributed by atoms with Crippen molar-refractivity contribution in [3.63, 3.8) is 0 Å². The highest BCUT2D eigenvalue weighted by molar-refractivity contribution is 7.93. The summed E-state index contributed by atoms with van der Waals surface area (Å²) in [5.41, 5.74) is -4.57. The summed E-state index contributed by atoms with van der Waals surface area (Å²) in [4.78, 5) is 14.1. The Hall–Kier alpha value is -2.85. The summed E-state index contributed by atoms with van der Waals surface area (Å²) in [6.45, 7) is 4.88. The SMILES string of the molecule is CCCN1c2cc(NS(=O)(=O)C(F)(F)F)c(N=Nc3nnc(C(=O)OCCOC)s3)cc2CCC1CC. The Morgan fingerprint density at radius 2 is 2.00 bits per heavy atom. The molecule has 16 heteroatoms. The fourth-order valence-corrected chi connectivity index (χ4v) is 4.94. The Balaban J connectivity index is 1.98. The standard InChI is InChI=1S/C21H27F3N6O5S2/c1-4-8-30-14(5-2)7-6-13-11-15(16(12-17(13)30)29-37(32,33)21(22,23)24)25-27-20-28-26-18(36-20)19(31)35-10-9-34-3/h11-12,14,29H,4-10H2,1-3H3. The molecule has 3 rings (SSSR count). The molecule has 0 radical (unpaired) electrons. The number of azo groups is 1. The van der Waals surface area contributed by atoms with Gasteiger partial charge in [-0.1, -0.05) is 25.2 Å². The Morgan fingerprint density at radius 1 is 1.24 bits per heavy atom. The first kappa shape index (κ1) is 28.7. The van der Waals surface area contributed by atoms with Gasteiger partial charge in [0.15, 0.2) is 0 Å². The number of methoxy groups -OCH3 is 1. The molecule has 1 aliphatic heterocycles. The maximum atomic E-state index is 13.2. The smallest absolute Gasteiger partial charge is 0.458 e. The number of sulfonamides is 1. The van der Waals surface area contributed by atoms with Crippen molar-refractivity contribution in [1.82, 2.24) is 10.2 Å². The third-order valence-electron chi connectivity index (χ3n) is 5.53. The van der Waals surface area contributed by atoms with Crippen molar-refractivity contribution in [1.29, 1.82) is 0 Å². The number of aromatic nitrogens is 2. The molecule has 0 amide bonds. The number of carbonyl (C=O) groups excluding carboxylic acids is 1. The lowest BCUT2D eigenvalue weighted by Gasteiger charge is -2.39. The predicted molar refractivity (Wildman–Crippen MR) is 131 cm³/mol. The molecule has 37 heavy (non-hydrogen) atoms. The topological polar surface area (TPSA) is 135 Å². The zero-order valence-corrected chi connectivity index (χ0v) is 22.0. The van der Waals surface area contributed by atoms with E-state index in [-0.39, 0.29) is 40.8 Å². The number of carbonyl (C=O) groups is 1. The van der Waals surface area contributed by atoms with Crippen LogP contribution < -0.4 is 9.62 Å². The van der Waals surface area contributed by atoms with Gasteiger partial charge in [0, 0.05) is 25.4 Å². The van der Waals surface area contributed by atoms with E-state index in [4.69, 9.17) is 9.47 Å². The van der Waals surface area contributed by atoms with Gasteiger partial charge in [-0.2, -0.15) is 21.6 Å². The number of aryl methyl sites for hydroxylation is 1. The molecule has 1 atom stereocenters. The summed E-state index contributed by atoms with van der Waals surface area (Å²) in [6, 6.07) is 3.06. The van der Waals surface area contributed by atoms with Gasteiger partial charge in [0.05, 0.1) is 12.3 Å². The number of anilines is 2. The fraction of sp³-hybridized carbons (Fsp3) is 0.571. The van der Waals surface area contributed by atoms with E-state index in [2.05, 4.69) is 25.3 Å². The molecule has 1 aromatic heterocycles. The van der Waals surface area contributed by atoms with Gasteiger partial charge in [0.25, 0.3) is 5.13 Å². The number of halogens is 3. The second kappa shape index (κ2) is 12.1. The van der Waals surface area contributed by atoms with Crippen molar-refractivity contribution in [2.75, 3.05) is 36.5 Å². The van der Waals surface area contributed by atoms with E-state index in [1.807, 2.05) is 13.8 Å². The van der Waals surface area contributed by atoms with Crippen molar-refractivity contribution in [3.05, 3.63) is 22.7 Å². The molecule has 0 bridgehead atoms. The molecule has 0 saturated heterocycles. The number of ether oxygens (including phenoxy) is 2. The van der Waals surface area contributed by atoms with Crippen molar-refractivity contribution >= 4 is 49.5 Å². The third-order valence-corrected chi connectivity index (χ3v) is 7.42. The summed E-state index contributed by atoms with van der Waals surface area (Å²) in [5, 5.41) is 15.0. The van der Waals surface area contributed by atoms with Gasteiger partial charge in [-0.05, 0) is 43.4 Å². The highest BCUT2D eigenvalue weighted by atomic mass is 32.2. The van der Waals surface area contributed by atoms with Crippen LogP contribution in [0, 0.1) is 0 Å². The number of esters is 1. The minimum absolute atomic E-state index is 0.0114. The Morgan fingerprint density at radius 3 is 2.65 bits per heavy atom. The van der Waals surface area contributed by atoms with E-state index < -0.39 is 21.5 Å². The Kier molecular flexibility index (Phi) is 9.41. The normalized spacial score (nSPS) is 16.2. The van der Waals surface area contributed by atoms with Crippen molar-refractivity contribution in [2.45, 2.75) is 51.1 Å². The molecule has 2 heterocycles. The molecule has 2 aromatic rings. The molecular weight excluding hydrogens is 537 g/mol. The number of alkyl halides is 3. The number of nitrogens with one attached hydrogen (secondary N) is 1. The average molecular weight is 565 g/mol. The zero-order chi connectivity index (χ0) is 27.2. The van der Waals surface area contributed by atoms with E-state index in [1.54, 1.807) is 4.72 Å². The number of fused-ring (bicyclic) bond motifs is 1. The number of benzene rings is 1. The van der Waals surface area contributed by atoms with Gasteiger partial charge in [0.2, 0.25) is 5.01 Å². The minimum atomic E-state index is -5.72. The highest BCUT2D eigenvalue weighted by Gasteiger charge is 2.46. The molecule has 1 aliphatic rings. The zero-order valence-electron chi connectivity index (χ0n) is 20.4. The third kappa shape index (κ3) is 6.93. The Labute approximate surface area is 216 Å². The van der Waals surface area contributed by atoms with Gasteiger partial charge >= 0.3 is 21.5 Å². The van der Waals surface area contributed by atoms with Crippen LogP contribution in [0.1, 0.15) is 48.5 Å². The van der Waals surface area contributed by atoms with Crippen molar-refractivity contribution < 1.29 is 35.9 Å². The molecule has 0 saturated carbocycles. The number of hydrogen-bond acceptors (Lipinski definition) is 11. The summed E-state index contributed by atoms with van der Waals surface area (Å²) in [5.74, 6) is -0.745. The largest absolute Gasteiger partial charge is 0.516 e. The van der Waals surface area contributed by atoms with Crippen molar-refractivity contribution in [3.8, 4) is 0 Å². The minimum Gasteiger partial charge on any atom is -0.458 e. The Bertz CT molecular complexity index is 1240. The first-order valence-electron chi connectivity index (χ1n) is 11.4. The van der Waals surface area contributed by atoms with Gasteiger partial charge in [-0.3, -0.25) is 4.72 Å². The van der Waals surface area contributed by atoms with E-state index in [0.717, 1.165) is 36.2 Å². The lowest BCUT2D eigenvalue weighted by atomic mass is 9.93. The quantitative estimate of drug-likeness (QED) is 0.230. The van der Waals surface area contributed by atoms with Gasteiger partial charge in [-0.25, -0.2) is 4.79 Å². The first-order chi connectivity index (χ1) is 17.5. The number of rotatable bonds is 11. The maximum absolute atomic E-state index is 13.2. The summed E-state index contributed by atoms with van der Waals surface area (Å²) < 4.78 is 74.7. The van der Waals surface area contributed by atoms with Crippen molar-refractivity contribution in [2.24, 2.45) is 10.2 Å². The molecule has 1 unspecified atom stereocenters.